The van der Waals surface area contributed by atoms with E-state index in [0.717, 1.165) is 27.8 Å². The number of benzene rings is 3. The highest BCUT2D eigenvalue weighted by Crippen LogP contribution is 2.32. The van der Waals surface area contributed by atoms with Gasteiger partial charge in [0, 0.05) is 17.3 Å². The molecular formula is C27H19ClN4O2S. The molecule has 35 heavy (non-hydrogen) atoms. The highest BCUT2D eigenvalue weighted by Gasteiger charge is 2.15. The quantitative estimate of drug-likeness (QED) is 0.321. The van der Waals surface area contributed by atoms with Crippen molar-refractivity contribution >= 4 is 45.0 Å². The van der Waals surface area contributed by atoms with Crippen LogP contribution in [0.2, 0.25) is 5.02 Å². The summed E-state index contributed by atoms with van der Waals surface area (Å²) in [5.74, 6) is 0.624. The third-order valence-corrected chi connectivity index (χ3v) is 6.96. The molecule has 0 saturated heterocycles. The molecule has 0 unspecified atom stereocenters. The summed E-state index contributed by atoms with van der Waals surface area (Å²) in [6.07, 6.45) is 3.80. The van der Waals surface area contributed by atoms with Crippen LogP contribution in [-0.4, -0.2) is 25.8 Å². The maximum absolute atomic E-state index is 13.3. The summed E-state index contributed by atoms with van der Waals surface area (Å²) in [6.45, 7) is 2.45. The van der Waals surface area contributed by atoms with Gasteiger partial charge in [0.1, 0.15) is 11.4 Å². The number of hydrogen-bond donors (Lipinski definition) is 0. The van der Waals surface area contributed by atoms with Crippen LogP contribution in [0.3, 0.4) is 0 Å². The lowest BCUT2D eigenvalue weighted by Crippen LogP contribution is -2.22. The Morgan fingerprint density at radius 2 is 1.86 bits per heavy atom. The van der Waals surface area contributed by atoms with E-state index in [0.29, 0.717) is 32.6 Å². The molecule has 6 aromatic rings. The first-order valence-electron chi connectivity index (χ1n) is 11.1. The van der Waals surface area contributed by atoms with Crippen LogP contribution in [0.25, 0.3) is 39.0 Å². The van der Waals surface area contributed by atoms with E-state index >= 15 is 0 Å². The van der Waals surface area contributed by atoms with Gasteiger partial charge in [-0.15, -0.1) is 0 Å². The molecule has 0 aliphatic carbocycles. The standard InChI is InChI=1S/C27H19ClN4O2S/c1-2-34-23-13-12-17(14-20(23)28)25-18(16-31(30-25)19-8-4-3-5-9-19)15-24-26(33)32-22-11-7-6-10-21(22)29-27(32)35-24/h3-16H,2H2,1H3/b24-15+. The number of imidazole rings is 1. The van der Waals surface area contributed by atoms with Crippen LogP contribution in [0, 0.1) is 0 Å². The molecule has 8 heteroatoms. The molecule has 0 bridgehead atoms. The van der Waals surface area contributed by atoms with Crippen LogP contribution in [0.4, 0.5) is 0 Å². The van der Waals surface area contributed by atoms with Gasteiger partial charge in [0.05, 0.1) is 32.9 Å². The molecule has 0 spiro atoms. The van der Waals surface area contributed by atoms with Crippen LogP contribution in [0.5, 0.6) is 5.75 Å². The first kappa shape index (κ1) is 21.6. The summed E-state index contributed by atoms with van der Waals surface area (Å²) >= 11 is 7.85. The first-order valence-corrected chi connectivity index (χ1v) is 12.3. The second kappa shape index (κ2) is 8.69. The molecule has 3 aromatic heterocycles. The number of hydrogen-bond acceptors (Lipinski definition) is 5. The van der Waals surface area contributed by atoms with Crippen LogP contribution in [-0.2, 0) is 0 Å². The Labute approximate surface area is 209 Å². The smallest absolute Gasteiger partial charge is 0.274 e. The molecule has 0 amide bonds. The van der Waals surface area contributed by atoms with Crippen molar-refractivity contribution in [3.63, 3.8) is 0 Å². The number of halogens is 1. The van der Waals surface area contributed by atoms with Crippen LogP contribution in [0.15, 0.2) is 83.8 Å². The molecule has 0 fully saturated rings. The summed E-state index contributed by atoms with van der Waals surface area (Å²) < 4.78 is 9.65. The second-order valence-corrected chi connectivity index (χ2v) is 9.34. The van der Waals surface area contributed by atoms with Gasteiger partial charge in [0.15, 0.2) is 4.96 Å². The van der Waals surface area contributed by atoms with E-state index < -0.39 is 0 Å². The molecule has 0 saturated carbocycles. The Morgan fingerprint density at radius 3 is 2.66 bits per heavy atom. The maximum atomic E-state index is 13.3. The van der Waals surface area contributed by atoms with Crippen molar-refractivity contribution in [1.29, 1.82) is 0 Å². The van der Waals surface area contributed by atoms with Gasteiger partial charge in [-0.1, -0.05) is 53.3 Å². The van der Waals surface area contributed by atoms with E-state index in [1.807, 2.05) is 96.7 Å². The van der Waals surface area contributed by atoms with Crippen molar-refractivity contribution in [1.82, 2.24) is 19.2 Å². The SMILES string of the molecule is CCOc1ccc(-c2nn(-c3ccccc3)cc2/C=c2/sc3nc4ccccc4n3c2=O)cc1Cl. The Kier molecular flexibility index (Phi) is 5.36. The van der Waals surface area contributed by atoms with Gasteiger partial charge >= 0.3 is 0 Å². The maximum Gasteiger partial charge on any atom is 0.274 e. The molecule has 0 atom stereocenters. The number of nitrogens with zero attached hydrogens (tertiary/aromatic N) is 4. The minimum absolute atomic E-state index is 0.0955. The molecule has 0 aliphatic rings. The minimum Gasteiger partial charge on any atom is -0.492 e. The summed E-state index contributed by atoms with van der Waals surface area (Å²) in [7, 11) is 0. The lowest BCUT2D eigenvalue weighted by molar-refractivity contribution is 0.340. The normalized spacial score (nSPS) is 12.1. The molecule has 6 rings (SSSR count). The largest absolute Gasteiger partial charge is 0.492 e. The lowest BCUT2D eigenvalue weighted by Gasteiger charge is -2.07. The number of para-hydroxylation sites is 3. The van der Waals surface area contributed by atoms with Crippen LogP contribution >= 0.6 is 22.9 Å². The van der Waals surface area contributed by atoms with Crippen molar-refractivity contribution in [2.75, 3.05) is 6.61 Å². The zero-order valence-electron chi connectivity index (χ0n) is 18.7. The Hall–Kier alpha value is -3.94. The molecule has 0 aliphatic heterocycles. The minimum atomic E-state index is -0.0955. The van der Waals surface area contributed by atoms with Crippen molar-refractivity contribution < 1.29 is 4.74 Å². The van der Waals surface area contributed by atoms with E-state index in [1.54, 1.807) is 4.40 Å². The van der Waals surface area contributed by atoms with E-state index in [1.165, 1.54) is 11.3 Å². The molecule has 172 valence electrons. The molecule has 0 N–H and O–H groups in total. The molecule has 3 aromatic carbocycles. The van der Waals surface area contributed by atoms with Crippen molar-refractivity contribution in [2.24, 2.45) is 0 Å². The van der Waals surface area contributed by atoms with E-state index in [-0.39, 0.29) is 5.56 Å². The van der Waals surface area contributed by atoms with Gasteiger partial charge in [0.25, 0.3) is 5.56 Å². The van der Waals surface area contributed by atoms with Gasteiger partial charge in [-0.3, -0.25) is 4.79 Å². The fourth-order valence-corrected chi connectivity index (χ4v) is 5.32. The predicted molar refractivity (Wildman–Crippen MR) is 141 cm³/mol. The Balaban J connectivity index is 1.55. The number of fused-ring (bicyclic) bond motifs is 3. The van der Waals surface area contributed by atoms with Crippen molar-refractivity contribution in [3.8, 4) is 22.7 Å². The third kappa shape index (κ3) is 3.79. The Bertz CT molecular complexity index is 1800. The monoisotopic (exact) mass is 498 g/mol. The number of aromatic nitrogens is 4. The zero-order valence-corrected chi connectivity index (χ0v) is 20.3. The Morgan fingerprint density at radius 1 is 1.06 bits per heavy atom. The molecular weight excluding hydrogens is 480 g/mol. The van der Waals surface area contributed by atoms with E-state index in [4.69, 9.17) is 21.4 Å². The number of thiazole rings is 1. The fraction of sp³-hybridized carbons (Fsp3) is 0.0741. The van der Waals surface area contributed by atoms with Gasteiger partial charge in [0.2, 0.25) is 0 Å². The van der Waals surface area contributed by atoms with Crippen LogP contribution < -0.4 is 14.8 Å². The summed E-state index contributed by atoms with van der Waals surface area (Å²) in [6, 6.07) is 23.1. The first-order chi connectivity index (χ1) is 17.1. The van der Waals surface area contributed by atoms with Crippen molar-refractivity contribution in [3.05, 3.63) is 104 Å². The number of rotatable bonds is 5. The fourth-order valence-electron chi connectivity index (χ4n) is 4.10. The van der Waals surface area contributed by atoms with Gasteiger partial charge in [-0.05, 0) is 55.5 Å². The summed E-state index contributed by atoms with van der Waals surface area (Å²) in [5, 5.41) is 5.36. The molecule has 6 nitrogen and oxygen atoms in total. The third-order valence-electron chi connectivity index (χ3n) is 5.70. The second-order valence-electron chi connectivity index (χ2n) is 7.93. The number of ether oxygens (including phenoxy) is 1. The topological polar surface area (TPSA) is 61.4 Å². The van der Waals surface area contributed by atoms with Crippen molar-refractivity contribution in [2.45, 2.75) is 6.92 Å². The molecule has 0 radical (unpaired) electrons. The zero-order chi connectivity index (χ0) is 23.9. The van der Waals surface area contributed by atoms with E-state index in [9.17, 15) is 4.79 Å². The average Bonchev–Trinajstić information content (AvgIpc) is 3.54. The van der Waals surface area contributed by atoms with Crippen LogP contribution in [0.1, 0.15) is 12.5 Å². The van der Waals surface area contributed by atoms with Gasteiger partial charge in [-0.2, -0.15) is 5.10 Å². The highest BCUT2D eigenvalue weighted by atomic mass is 35.5. The van der Waals surface area contributed by atoms with E-state index in [2.05, 4.69) is 4.98 Å². The summed E-state index contributed by atoms with van der Waals surface area (Å²) in [5.41, 5.74) is 4.79. The van der Waals surface area contributed by atoms with Gasteiger partial charge in [-0.25, -0.2) is 14.1 Å². The highest BCUT2D eigenvalue weighted by molar-refractivity contribution is 7.15. The lowest BCUT2D eigenvalue weighted by atomic mass is 10.1. The van der Waals surface area contributed by atoms with Gasteiger partial charge < -0.3 is 4.74 Å². The summed E-state index contributed by atoms with van der Waals surface area (Å²) in [4.78, 5) is 18.6. The molecule has 3 heterocycles. The average molecular weight is 499 g/mol. The predicted octanol–water partition coefficient (Wildman–Crippen LogP) is 5.36.